The molecular formula is C9H7FN2O2. The van der Waals surface area contributed by atoms with Crippen LogP contribution in [0.1, 0.15) is 18.7 Å². The van der Waals surface area contributed by atoms with Gasteiger partial charge in [-0.3, -0.25) is 0 Å². The highest BCUT2D eigenvalue weighted by atomic mass is 19.1. The lowest BCUT2D eigenvalue weighted by atomic mass is 10.1. The smallest absolute Gasteiger partial charge is 0.170 e. The lowest BCUT2D eigenvalue weighted by molar-refractivity contribution is 0.439. The molecule has 1 atom stereocenters. The Hall–Kier alpha value is -1.78. The van der Waals surface area contributed by atoms with E-state index in [9.17, 15) is 9.30 Å². The fourth-order valence-electron chi connectivity index (χ4n) is 1.28. The SMILES string of the molecule is CC(N=O)c1noc2cc(F)ccc12. The minimum Gasteiger partial charge on any atom is -0.356 e. The molecule has 2 rings (SSSR count). The molecule has 0 spiro atoms. The molecule has 5 heteroatoms. The predicted molar refractivity (Wildman–Crippen MR) is 48.2 cm³/mol. The Morgan fingerprint density at radius 1 is 1.57 bits per heavy atom. The molecule has 0 radical (unpaired) electrons. The van der Waals surface area contributed by atoms with E-state index in [2.05, 4.69) is 10.3 Å². The molecule has 0 aliphatic rings. The Morgan fingerprint density at radius 3 is 3.07 bits per heavy atom. The van der Waals surface area contributed by atoms with Crippen molar-refractivity contribution in [1.29, 1.82) is 0 Å². The van der Waals surface area contributed by atoms with Crippen molar-refractivity contribution in [1.82, 2.24) is 5.16 Å². The van der Waals surface area contributed by atoms with Crippen LogP contribution in [0.25, 0.3) is 11.0 Å². The number of hydrogen-bond acceptors (Lipinski definition) is 4. The van der Waals surface area contributed by atoms with Gasteiger partial charge in [-0.25, -0.2) is 4.39 Å². The summed E-state index contributed by atoms with van der Waals surface area (Å²) >= 11 is 0. The van der Waals surface area contributed by atoms with Gasteiger partial charge < -0.3 is 4.52 Å². The molecule has 0 aliphatic heterocycles. The number of benzene rings is 1. The average molecular weight is 194 g/mol. The number of nitrogens with zero attached hydrogens (tertiary/aromatic N) is 2. The summed E-state index contributed by atoms with van der Waals surface area (Å²) in [6.45, 7) is 1.60. The van der Waals surface area contributed by atoms with E-state index in [1.165, 1.54) is 18.2 Å². The van der Waals surface area contributed by atoms with Gasteiger partial charge in [-0.1, -0.05) is 10.3 Å². The Balaban J connectivity index is 2.63. The first-order valence-corrected chi connectivity index (χ1v) is 4.09. The summed E-state index contributed by atoms with van der Waals surface area (Å²) in [6, 6.07) is 3.46. The van der Waals surface area contributed by atoms with Gasteiger partial charge in [-0.05, 0) is 19.1 Å². The second-order valence-electron chi connectivity index (χ2n) is 2.99. The second kappa shape index (κ2) is 3.17. The summed E-state index contributed by atoms with van der Waals surface area (Å²) in [5.74, 6) is -0.396. The molecule has 0 bridgehead atoms. The average Bonchev–Trinajstić information content (AvgIpc) is 2.59. The van der Waals surface area contributed by atoms with Crippen molar-refractivity contribution >= 4 is 11.0 Å². The van der Waals surface area contributed by atoms with Crippen LogP contribution in [-0.4, -0.2) is 5.16 Å². The van der Waals surface area contributed by atoms with Crippen molar-refractivity contribution < 1.29 is 8.91 Å². The van der Waals surface area contributed by atoms with Gasteiger partial charge in [0.2, 0.25) is 0 Å². The summed E-state index contributed by atoms with van der Waals surface area (Å²) in [5.41, 5.74) is 0.769. The van der Waals surface area contributed by atoms with E-state index in [-0.39, 0.29) is 0 Å². The highest BCUT2D eigenvalue weighted by molar-refractivity contribution is 5.79. The first kappa shape index (κ1) is 8.80. The van der Waals surface area contributed by atoms with E-state index < -0.39 is 11.9 Å². The standard InChI is InChI=1S/C9H7FN2O2/c1-5(11-13)9-7-3-2-6(10)4-8(7)14-12-9/h2-5H,1H3. The molecule has 0 aliphatic carbocycles. The second-order valence-corrected chi connectivity index (χ2v) is 2.99. The summed E-state index contributed by atoms with van der Waals surface area (Å²) in [5, 5.41) is 7.13. The molecule has 1 heterocycles. The van der Waals surface area contributed by atoms with Gasteiger partial charge in [0.25, 0.3) is 0 Å². The molecular weight excluding hydrogens is 187 g/mol. The molecule has 1 unspecified atom stereocenters. The van der Waals surface area contributed by atoms with Crippen molar-refractivity contribution in [2.75, 3.05) is 0 Å². The van der Waals surface area contributed by atoms with Gasteiger partial charge in [0.05, 0.1) is 0 Å². The van der Waals surface area contributed by atoms with Crippen LogP contribution in [0.2, 0.25) is 0 Å². The lowest BCUT2D eigenvalue weighted by Gasteiger charge is -1.95. The van der Waals surface area contributed by atoms with Gasteiger partial charge in [-0.15, -0.1) is 0 Å². The van der Waals surface area contributed by atoms with Crippen molar-refractivity contribution in [2.24, 2.45) is 5.18 Å². The van der Waals surface area contributed by atoms with Crippen molar-refractivity contribution in [2.45, 2.75) is 13.0 Å². The van der Waals surface area contributed by atoms with Gasteiger partial charge >= 0.3 is 0 Å². The molecule has 0 N–H and O–H groups in total. The summed E-state index contributed by atoms with van der Waals surface area (Å²) < 4.78 is 17.6. The van der Waals surface area contributed by atoms with E-state index in [0.29, 0.717) is 16.7 Å². The molecule has 14 heavy (non-hydrogen) atoms. The molecule has 0 saturated heterocycles. The van der Waals surface area contributed by atoms with Crippen molar-refractivity contribution in [3.8, 4) is 0 Å². The maximum absolute atomic E-state index is 12.8. The van der Waals surface area contributed by atoms with Crippen LogP contribution in [0.15, 0.2) is 27.9 Å². The van der Waals surface area contributed by atoms with Gasteiger partial charge in [0.15, 0.2) is 5.58 Å². The molecule has 4 nitrogen and oxygen atoms in total. The summed E-state index contributed by atoms with van der Waals surface area (Å²) in [4.78, 5) is 10.3. The molecule has 0 saturated carbocycles. The highest BCUT2D eigenvalue weighted by Gasteiger charge is 2.15. The van der Waals surface area contributed by atoms with E-state index >= 15 is 0 Å². The zero-order valence-corrected chi connectivity index (χ0v) is 7.40. The van der Waals surface area contributed by atoms with E-state index in [4.69, 9.17) is 4.52 Å². The van der Waals surface area contributed by atoms with Crippen LogP contribution in [0.5, 0.6) is 0 Å². The van der Waals surface area contributed by atoms with E-state index in [1.54, 1.807) is 6.92 Å². The quantitative estimate of drug-likeness (QED) is 0.690. The number of aromatic nitrogens is 1. The Bertz CT molecular complexity index is 481. The summed E-state index contributed by atoms with van der Waals surface area (Å²) in [7, 11) is 0. The third kappa shape index (κ3) is 1.26. The number of rotatable bonds is 2. The Morgan fingerprint density at radius 2 is 2.36 bits per heavy atom. The van der Waals surface area contributed by atoms with Crippen molar-refractivity contribution in [3.63, 3.8) is 0 Å². The fourth-order valence-corrected chi connectivity index (χ4v) is 1.28. The molecule has 72 valence electrons. The van der Waals surface area contributed by atoms with Crippen LogP contribution in [0.3, 0.4) is 0 Å². The Kier molecular flexibility index (Phi) is 1.99. The monoisotopic (exact) mass is 194 g/mol. The zero-order valence-electron chi connectivity index (χ0n) is 7.40. The largest absolute Gasteiger partial charge is 0.356 e. The molecule has 1 aromatic heterocycles. The van der Waals surface area contributed by atoms with Crippen LogP contribution in [-0.2, 0) is 0 Å². The maximum Gasteiger partial charge on any atom is 0.170 e. The first-order valence-electron chi connectivity index (χ1n) is 4.09. The Labute approximate surface area is 78.7 Å². The molecule has 2 aromatic rings. The zero-order chi connectivity index (χ0) is 10.1. The minimum atomic E-state index is -0.582. The molecule has 0 amide bonds. The predicted octanol–water partition coefficient (Wildman–Crippen LogP) is 2.79. The third-order valence-corrected chi connectivity index (χ3v) is 2.02. The first-order chi connectivity index (χ1) is 6.72. The number of nitroso groups, excluding NO2 is 1. The minimum absolute atomic E-state index is 0.329. The van der Waals surface area contributed by atoms with Crippen LogP contribution >= 0.6 is 0 Å². The van der Waals surface area contributed by atoms with Crippen LogP contribution in [0.4, 0.5) is 4.39 Å². The van der Waals surface area contributed by atoms with E-state index in [0.717, 1.165) is 0 Å². The number of hydrogen-bond donors (Lipinski definition) is 0. The van der Waals surface area contributed by atoms with Gasteiger partial charge in [0.1, 0.15) is 17.6 Å². The lowest BCUT2D eigenvalue weighted by Crippen LogP contribution is -1.88. The van der Waals surface area contributed by atoms with E-state index in [1.807, 2.05) is 0 Å². The molecule has 0 fully saturated rings. The van der Waals surface area contributed by atoms with Gasteiger partial charge in [0, 0.05) is 11.5 Å². The topological polar surface area (TPSA) is 55.5 Å². The maximum atomic E-state index is 12.8. The van der Waals surface area contributed by atoms with Crippen LogP contribution < -0.4 is 0 Å². The number of fused-ring (bicyclic) bond motifs is 1. The highest BCUT2D eigenvalue weighted by Crippen LogP contribution is 2.25. The summed E-state index contributed by atoms with van der Waals surface area (Å²) in [6.07, 6.45) is 0. The number of halogens is 1. The normalized spacial score (nSPS) is 13.0. The third-order valence-electron chi connectivity index (χ3n) is 2.02. The fraction of sp³-hybridized carbons (Fsp3) is 0.222. The van der Waals surface area contributed by atoms with Crippen LogP contribution in [0, 0.1) is 10.7 Å². The van der Waals surface area contributed by atoms with Crippen molar-refractivity contribution in [3.05, 3.63) is 34.6 Å². The van der Waals surface area contributed by atoms with Gasteiger partial charge in [-0.2, -0.15) is 4.91 Å². The molecule has 1 aromatic carbocycles.